The van der Waals surface area contributed by atoms with Crippen LogP contribution in [-0.4, -0.2) is 25.4 Å². The molecule has 0 aliphatic carbocycles. The van der Waals surface area contributed by atoms with Crippen LogP contribution in [0.5, 0.6) is 0 Å². The number of sulfonamides is 1. The third-order valence-electron chi connectivity index (χ3n) is 3.29. The number of aryl methyl sites for hydroxylation is 1. The lowest BCUT2D eigenvalue weighted by Gasteiger charge is -2.21. The first-order chi connectivity index (χ1) is 10.7. The lowest BCUT2D eigenvalue weighted by atomic mass is 10.2. The van der Waals surface area contributed by atoms with Gasteiger partial charge in [-0.1, -0.05) is 43.9 Å². The highest BCUT2D eigenvalue weighted by Crippen LogP contribution is 2.21. The normalized spacial score (nSPS) is 12.7. The van der Waals surface area contributed by atoms with Crippen molar-refractivity contribution in [2.24, 2.45) is 0 Å². The van der Waals surface area contributed by atoms with Crippen LogP contribution in [0.25, 0.3) is 0 Å². The second-order valence-corrected chi connectivity index (χ2v) is 7.24. The average molecular weight is 349 g/mol. The molecule has 0 heterocycles. The van der Waals surface area contributed by atoms with Crippen molar-refractivity contribution < 1.29 is 21.6 Å². The molecule has 3 nitrogen and oxygen atoms in total. The predicted octanol–water partition coefficient (Wildman–Crippen LogP) is 4.64. The van der Waals surface area contributed by atoms with Crippen molar-refractivity contribution in [3.05, 3.63) is 42.1 Å². The van der Waals surface area contributed by atoms with E-state index in [0.717, 1.165) is 29.1 Å². The summed E-state index contributed by atoms with van der Waals surface area (Å²) in [6.45, 7) is 3.84. The van der Waals surface area contributed by atoms with Crippen molar-refractivity contribution in [1.29, 1.82) is 0 Å². The summed E-state index contributed by atoms with van der Waals surface area (Å²) in [6.07, 6.45) is -0.813. The molecule has 1 aromatic carbocycles. The molecular formula is C16H22F3NO2S. The molecule has 0 aliphatic heterocycles. The number of rotatable bonds is 8. The molecule has 0 N–H and O–H groups in total. The number of benzene rings is 1. The molecule has 23 heavy (non-hydrogen) atoms. The third kappa shape index (κ3) is 6.64. The van der Waals surface area contributed by atoms with E-state index in [-0.39, 0.29) is 17.5 Å². The monoisotopic (exact) mass is 349 g/mol. The maximum Gasteiger partial charge on any atom is 0.411 e. The molecule has 0 saturated carbocycles. The van der Waals surface area contributed by atoms with E-state index >= 15 is 0 Å². The molecule has 0 unspecified atom stereocenters. The van der Waals surface area contributed by atoms with E-state index in [1.54, 1.807) is 12.1 Å². The molecular weight excluding hydrogens is 327 g/mol. The number of halogens is 3. The van der Waals surface area contributed by atoms with E-state index < -0.39 is 16.2 Å². The molecule has 0 radical (unpaired) electrons. The summed E-state index contributed by atoms with van der Waals surface area (Å²) in [5.41, 5.74) is 0.879. The molecule has 7 heteroatoms. The van der Waals surface area contributed by atoms with Gasteiger partial charge >= 0.3 is 6.18 Å². The maximum atomic E-state index is 12.5. The molecule has 0 saturated heterocycles. The maximum absolute atomic E-state index is 12.5. The number of hydrogen-bond donors (Lipinski definition) is 0. The highest BCUT2D eigenvalue weighted by Gasteiger charge is 2.26. The smallest absolute Gasteiger partial charge is 0.273 e. The van der Waals surface area contributed by atoms with Crippen LogP contribution in [0.4, 0.5) is 13.2 Å². The van der Waals surface area contributed by atoms with E-state index in [0.29, 0.717) is 12.6 Å². The minimum Gasteiger partial charge on any atom is -0.273 e. The number of allylic oxidation sites excluding steroid dienone is 1. The van der Waals surface area contributed by atoms with Gasteiger partial charge in [0, 0.05) is 18.8 Å². The summed E-state index contributed by atoms with van der Waals surface area (Å²) in [5, 5.41) is 0. The largest absolute Gasteiger partial charge is 0.411 e. The summed E-state index contributed by atoms with van der Waals surface area (Å²) in [7, 11) is -3.98. The van der Waals surface area contributed by atoms with E-state index in [1.165, 1.54) is 12.1 Å². The van der Waals surface area contributed by atoms with Crippen LogP contribution in [0.3, 0.4) is 0 Å². The van der Waals surface area contributed by atoms with Gasteiger partial charge in [0.1, 0.15) is 0 Å². The first-order valence-electron chi connectivity index (χ1n) is 7.51. The molecule has 130 valence electrons. The SMILES string of the molecule is CCCCCCN(/C=C/C(F)(F)F)S(=O)(=O)c1ccc(C)cc1. The molecule has 1 rings (SSSR count). The van der Waals surface area contributed by atoms with E-state index in [9.17, 15) is 21.6 Å². The molecule has 1 aromatic rings. The fraction of sp³-hybridized carbons (Fsp3) is 0.500. The lowest BCUT2D eigenvalue weighted by molar-refractivity contribution is -0.0804. The van der Waals surface area contributed by atoms with Gasteiger partial charge in [0.2, 0.25) is 0 Å². The quantitative estimate of drug-likeness (QED) is 0.641. The van der Waals surface area contributed by atoms with E-state index in [4.69, 9.17) is 0 Å². The molecule has 0 bridgehead atoms. The Morgan fingerprint density at radius 3 is 2.22 bits per heavy atom. The van der Waals surface area contributed by atoms with Gasteiger partial charge in [-0.05, 0) is 25.5 Å². The average Bonchev–Trinajstić information content (AvgIpc) is 2.45. The number of nitrogens with zero attached hydrogens (tertiary/aromatic N) is 1. The zero-order chi connectivity index (χ0) is 17.5. The fourth-order valence-electron chi connectivity index (χ4n) is 1.98. The molecule has 0 amide bonds. The van der Waals surface area contributed by atoms with Gasteiger partial charge in [0.25, 0.3) is 10.0 Å². The van der Waals surface area contributed by atoms with Gasteiger partial charge in [0.15, 0.2) is 0 Å². The minimum atomic E-state index is -4.55. The van der Waals surface area contributed by atoms with Crippen molar-refractivity contribution >= 4 is 10.0 Å². The second-order valence-electron chi connectivity index (χ2n) is 5.35. The Kier molecular flexibility index (Phi) is 7.12. The van der Waals surface area contributed by atoms with E-state index in [2.05, 4.69) is 0 Å². The summed E-state index contributed by atoms with van der Waals surface area (Å²) in [5.74, 6) is 0. The van der Waals surface area contributed by atoms with Crippen molar-refractivity contribution in [2.45, 2.75) is 50.6 Å². The van der Waals surface area contributed by atoms with E-state index in [1.807, 2.05) is 13.8 Å². The highest BCUT2D eigenvalue weighted by molar-refractivity contribution is 7.89. The van der Waals surface area contributed by atoms with Gasteiger partial charge in [0.05, 0.1) is 4.90 Å². The van der Waals surface area contributed by atoms with Crippen LogP contribution >= 0.6 is 0 Å². The van der Waals surface area contributed by atoms with Crippen LogP contribution in [0.15, 0.2) is 41.4 Å². The predicted molar refractivity (Wildman–Crippen MR) is 84.4 cm³/mol. The summed E-state index contributed by atoms with van der Waals surface area (Å²) in [4.78, 5) is -0.00887. The molecule has 0 aromatic heterocycles. The first-order valence-corrected chi connectivity index (χ1v) is 8.95. The second kappa shape index (κ2) is 8.38. The van der Waals surface area contributed by atoms with Crippen molar-refractivity contribution in [1.82, 2.24) is 4.31 Å². The number of hydrogen-bond acceptors (Lipinski definition) is 2. The van der Waals surface area contributed by atoms with Crippen LogP contribution in [-0.2, 0) is 10.0 Å². The third-order valence-corrected chi connectivity index (χ3v) is 5.08. The highest BCUT2D eigenvalue weighted by atomic mass is 32.2. The van der Waals surface area contributed by atoms with Gasteiger partial charge < -0.3 is 0 Å². The Morgan fingerprint density at radius 2 is 1.70 bits per heavy atom. The summed E-state index contributed by atoms with van der Waals surface area (Å²) >= 11 is 0. The minimum absolute atomic E-state index is 0.00887. The Labute approximate surface area is 135 Å². The first kappa shape index (κ1) is 19.5. The zero-order valence-electron chi connectivity index (χ0n) is 13.3. The van der Waals surface area contributed by atoms with Crippen molar-refractivity contribution in [2.75, 3.05) is 6.54 Å². The Balaban J connectivity index is 3.00. The van der Waals surface area contributed by atoms with Gasteiger partial charge in [-0.15, -0.1) is 0 Å². The topological polar surface area (TPSA) is 37.4 Å². The molecule has 0 spiro atoms. The van der Waals surface area contributed by atoms with Crippen molar-refractivity contribution in [3.63, 3.8) is 0 Å². The summed E-state index contributed by atoms with van der Waals surface area (Å²) in [6, 6.07) is 6.06. The van der Waals surface area contributed by atoms with Crippen LogP contribution in [0.1, 0.15) is 38.2 Å². The fourth-order valence-corrected chi connectivity index (χ4v) is 3.32. The Morgan fingerprint density at radius 1 is 1.09 bits per heavy atom. The molecule has 0 atom stereocenters. The van der Waals surface area contributed by atoms with Gasteiger partial charge in [-0.2, -0.15) is 13.2 Å². The molecule has 0 fully saturated rings. The summed E-state index contributed by atoms with van der Waals surface area (Å²) < 4.78 is 63.0. The number of alkyl halides is 3. The molecule has 0 aliphatic rings. The van der Waals surface area contributed by atoms with Crippen LogP contribution < -0.4 is 0 Å². The number of unbranched alkanes of at least 4 members (excludes halogenated alkanes) is 3. The standard InChI is InChI=1S/C16H22F3NO2S/c1-3-4-5-6-12-20(13-11-16(17,18)19)23(21,22)15-9-7-14(2)8-10-15/h7-11,13H,3-6,12H2,1-2H3/b13-11+. The lowest BCUT2D eigenvalue weighted by Crippen LogP contribution is -2.27. The van der Waals surface area contributed by atoms with Crippen LogP contribution in [0, 0.1) is 6.92 Å². The zero-order valence-corrected chi connectivity index (χ0v) is 14.1. The van der Waals surface area contributed by atoms with Crippen LogP contribution in [0.2, 0.25) is 0 Å². The van der Waals surface area contributed by atoms with Gasteiger partial charge in [-0.3, -0.25) is 4.31 Å². The van der Waals surface area contributed by atoms with Crippen molar-refractivity contribution in [3.8, 4) is 0 Å². The Bertz CT molecular complexity index is 607. The Hall–Kier alpha value is -1.50. The van der Waals surface area contributed by atoms with Gasteiger partial charge in [-0.25, -0.2) is 8.42 Å².